The summed E-state index contributed by atoms with van der Waals surface area (Å²) >= 11 is 0. The average Bonchev–Trinajstić information content (AvgIpc) is 1.93. The predicted molar refractivity (Wildman–Crippen MR) is 52.2 cm³/mol. The maximum absolute atomic E-state index is 10.1. The average molecular weight is 208 g/mol. The molecule has 0 rings (SSSR count). The van der Waals surface area contributed by atoms with E-state index >= 15 is 0 Å². The van der Waals surface area contributed by atoms with Crippen LogP contribution in [0.5, 0.6) is 0 Å². The topological polar surface area (TPSA) is 40.1 Å². The molecule has 0 fully saturated rings. The van der Waals surface area contributed by atoms with Gasteiger partial charge in [-0.05, 0) is 24.7 Å². The Kier molecular flexibility index (Phi) is 10.6. The number of aliphatic carboxylic acids is 1. The van der Waals surface area contributed by atoms with Gasteiger partial charge in [-0.2, -0.15) is 0 Å². The Labute approximate surface area is 110 Å². The largest absolute Gasteiger partial charge is 1.00 e. The number of rotatable bonds is 6. The summed E-state index contributed by atoms with van der Waals surface area (Å²) in [6.45, 7) is 6.69. The number of carbonyl (C=O) groups excluding carboxylic acids is 1. The van der Waals surface area contributed by atoms with Crippen molar-refractivity contribution >= 4 is 5.97 Å². The normalized spacial score (nSPS) is 10.8. The van der Waals surface area contributed by atoms with Crippen molar-refractivity contribution in [1.82, 2.24) is 0 Å². The van der Waals surface area contributed by atoms with Gasteiger partial charge in [-0.1, -0.05) is 40.0 Å². The molecule has 0 saturated carbocycles. The summed E-state index contributed by atoms with van der Waals surface area (Å²) in [6.07, 6.45) is 5.57. The van der Waals surface area contributed by atoms with Gasteiger partial charge >= 0.3 is 29.6 Å². The van der Waals surface area contributed by atoms with Crippen LogP contribution >= 0.6 is 0 Å². The van der Waals surface area contributed by atoms with Gasteiger partial charge in [-0.25, -0.2) is 0 Å². The molecule has 0 aliphatic carbocycles. The molecule has 0 N–H and O–H groups in total. The van der Waals surface area contributed by atoms with E-state index in [0.717, 1.165) is 19.3 Å². The predicted octanol–water partition coefficient (Wildman–Crippen LogP) is -0.873. The van der Waals surface area contributed by atoms with Gasteiger partial charge < -0.3 is 9.90 Å². The molecular weight excluding hydrogens is 187 g/mol. The first-order valence-corrected chi connectivity index (χ1v) is 5.12. The van der Waals surface area contributed by atoms with Crippen LogP contribution in [0.4, 0.5) is 0 Å². The molecule has 0 aromatic carbocycles. The maximum atomic E-state index is 10.1. The number of hydrogen-bond donors (Lipinski definition) is 0. The summed E-state index contributed by atoms with van der Waals surface area (Å²) in [5.41, 5.74) is 0.411. The fourth-order valence-electron chi connectivity index (χ4n) is 1.28. The summed E-state index contributed by atoms with van der Waals surface area (Å²) < 4.78 is 0. The molecule has 0 radical (unpaired) electrons. The first-order chi connectivity index (χ1) is 5.92. The van der Waals surface area contributed by atoms with Gasteiger partial charge in [-0.3, -0.25) is 0 Å². The third kappa shape index (κ3) is 15.0. The summed E-state index contributed by atoms with van der Waals surface area (Å²) in [6, 6.07) is 0. The van der Waals surface area contributed by atoms with Crippen molar-refractivity contribution in [2.24, 2.45) is 5.41 Å². The number of hydrogen-bond acceptors (Lipinski definition) is 2. The number of carboxylic acids is 1. The molecule has 0 saturated heterocycles. The molecule has 0 atom stereocenters. The smallest absolute Gasteiger partial charge is 0.550 e. The van der Waals surface area contributed by atoms with Gasteiger partial charge in [-0.15, -0.1) is 0 Å². The van der Waals surface area contributed by atoms with Gasteiger partial charge in [0.25, 0.3) is 0 Å². The molecule has 14 heavy (non-hydrogen) atoms. The maximum Gasteiger partial charge on any atom is 1.00 e. The molecule has 0 aliphatic rings. The molecule has 78 valence electrons. The Hall–Kier alpha value is 0.470. The number of carboxylic acid groups (broad SMARTS) is 1. The fourth-order valence-corrected chi connectivity index (χ4v) is 1.28. The van der Waals surface area contributed by atoms with E-state index in [2.05, 4.69) is 20.8 Å². The Morgan fingerprint density at radius 2 is 1.57 bits per heavy atom. The van der Waals surface area contributed by atoms with Crippen LogP contribution in [0.3, 0.4) is 0 Å². The van der Waals surface area contributed by atoms with E-state index in [4.69, 9.17) is 0 Å². The number of unbranched alkanes of at least 4 members (excludes halogenated alkanes) is 3. The van der Waals surface area contributed by atoms with Crippen LogP contribution < -0.4 is 34.7 Å². The first kappa shape index (κ1) is 16.9. The SMILES string of the molecule is CC(C)(C)CCCCCCC(=O)[O-].[Na+]. The molecule has 0 aromatic rings. The summed E-state index contributed by atoms with van der Waals surface area (Å²) in [7, 11) is 0. The Balaban J connectivity index is 0. The zero-order valence-electron chi connectivity index (χ0n) is 10.1. The van der Waals surface area contributed by atoms with Crippen molar-refractivity contribution in [2.75, 3.05) is 0 Å². The molecule has 3 heteroatoms. The van der Waals surface area contributed by atoms with Gasteiger partial charge in [0, 0.05) is 5.97 Å². The van der Waals surface area contributed by atoms with Crippen LogP contribution in [-0.2, 0) is 4.79 Å². The summed E-state index contributed by atoms with van der Waals surface area (Å²) in [5.74, 6) is -0.921. The van der Waals surface area contributed by atoms with Crippen molar-refractivity contribution in [3.05, 3.63) is 0 Å². The number of carbonyl (C=O) groups is 1. The third-order valence-electron chi connectivity index (χ3n) is 2.06. The molecule has 0 heterocycles. The van der Waals surface area contributed by atoms with Gasteiger partial charge in [0.05, 0.1) is 0 Å². The van der Waals surface area contributed by atoms with E-state index in [9.17, 15) is 9.90 Å². The van der Waals surface area contributed by atoms with E-state index in [0.29, 0.717) is 5.41 Å². The molecule has 2 nitrogen and oxygen atoms in total. The van der Waals surface area contributed by atoms with Gasteiger partial charge in [0.2, 0.25) is 0 Å². The van der Waals surface area contributed by atoms with E-state index in [-0.39, 0.29) is 36.0 Å². The van der Waals surface area contributed by atoms with Crippen LogP contribution in [0.2, 0.25) is 0 Å². The molecule has 0 amide bonds. The molecule has 0 unspecified atom stereocenters. The van der Waals surface area contributed by atoms with Crippen molar-refractivity contribution in [2.45, 2.75) is 59.3 Å². The minimum absolute atomic E-state index is 0. The molecule has 0 aromatic heterocycles. The molecule has 0 spiro atoms. The third-order valence-corrected chi connectivity index (χ3v) is 2.06. The zero-order chi connectivity index (χ0) is 10.3. The van der Waals surface area contributed by atoms with Crippen molar-refractivity contribution in [3.63, 3.8) is 0 Å². The van der Waals surface area contributed by atoms with Gasteiger partial charge in [0.1, 0.15) is 0 Å². The van der Waals surface area contributed by atoms with Crippen molar-refractivity contribution < 1.29 is 39.5 Å². The minimum atomic E-state index is -0.921. The van der Waals surface area contributed by atoms with Gasteiger partial charge in [0.15, 0.2) is 0 Å². The van der Waals surface area contributed by atoms with Crippen LogP contribution in [0.1, 0.15) is 59.3 Å². The Morgan fingerprint density at radius 3 is 2.00 bits per heavy atom. The quantitative estimate of drug-likeness (QED) is 0.420. The van der Waals surface area contributed by atoms with Crippen LogP contribution in [0, 0.1) is 5.41 Å². The second-order valence-electron chi connectivity index (χ2n) is 4.85. The fraction of sp³-hybridized carbons (Fsp3) is 0.909. The van der Waals surface area contributed by atoms with E-state index < -0.39 is 5.97 Å². The zero-order valence-corrected chi connectivity index (χ0v) is 12.1. The van der Waals surface area contributed by atoms with Crippen LogP contribution in [0.15, 0.2) is 0 Å². The Morgan fingerprint density at radius 1 is 1.07 bits per heavy atom. The molecule has 0 bridgehead atoms. The second kappa shape index (κ2) is 8.75. The standard InChI is InChI=1S/C11H22O2.Na/c1-11(2,3)9-7-5-4-6-8-10(12)13;/h4-9H2,1-3H3,(H,12,13);/q;+1/p-1. The monoisotopic (exact) mass is 208 g/mol. The molecule has 0 aliphatic heterocycles. The minimum Gasteiger partial charge on any atom is -0.550 e. The van der Waals surface area contributed by atoms with E-state index in [1.807, 2.05) is 0 Å². The van der Waals surface area contributed by atoms with Crippen LogP contribution in [0.25, 0.3) is 0 Å². The van der Waals surface area contributed by atoms with Crippen molar-refractivity contribution in [1.29, 1.82) is 0 Å². The van der Waals surface area contributed by atoms with Crippen molar-refractivity contribution in [3.8, 4) is 0 Å². The van der Waals surface area contributed by atoms with E-state index in [1.54, 1.807) is 0 Å². The van der Waals surface area contributed by atoms with E-state index in [1.165, 1.54) is 12.8 Å². The van der Waals surface area contributed by atoms with Crippen LogP contribution in [-0.4, -0.2) is 5.97 Å². The summed E-state index contributed by atoms with van der Waals surface area (Å²) in [5, 5.41) is 10.1. The summed E-state index contributed by atoms with van der Waals surface area (Å²) in [4.78, 5) is 10.1. The first-order valence-electron chi connectivity index (χ1n) is 5.12. The second-order valence-corrected chi connectivity index (χ2v) is 4.85. The Bertz CT molecular complexity index is 150. The molecular formula is C11H21NaO2.